The van der Waals surface area contributed by atoms with Crippen molar-refractivity contribution in [1.29, 1.82) is 0 Å². The van der Waals surface area contributed by atoms with E-state index in [0.717, 1.165) is 25.8 Å². The Bertz CT molecular complexity index is 1590. The second-order valence-corrected chi connectivity index (χ2v) is 11.9. The number of fused-ring (bicyclic) bond motifs is 4. The van der Waals surface area contributed by atoms with Crippen LogP contribution in [0.5, 0.6) is 5.75 Å². The van der Waals surface area contributed by atoms with Crippen LogP contribution in [-0.4, -0.2) is 61.0 Å². The Balaban J connectivity index is 1.37. The quantitative estimate of drug-likeness (QED) is 0.328. The largest absolute Gasteiger partial charge is 0.508 e. The van der Waals surface area contributed by atoms with Crippen LogP contribution in [0.4, 0.5) is 4.39 Å². The van der Waals surface area contributed by atoms with Crippen LogP contribution in [0, 0.1) is 17.7 Å². The lowest BCUT2D eigenvalue weighted by Gasteiger charge is -2.46. The number of ketones is 2. The molecule has 0 aliphatic heterocycles. The molecule has 0 aromatic heterocycles. The standard InChI is InChI=1S/C32H33FN2O7/c1-2-7-35(20-9-15-5-3-4-6-16(15)10-20)14-18-12-22(36)25-21(27(18)33)11-17-8-19-13-23(37)26(31(34)41)30(40)32(19,42)29(39)24(17)28(25)38/h3-6,12,17,19-20,36,38,40,42H,2,7-11,13-14H2,1H3,(H2,34,41)/t17?,19-,32-/m0/s1. The molecule has 1 saturated carbocycles. The van der Waals surface area contributed by atoms with Gasteiger partial charge in [-0.1, -0.05) is 31.2 Å². The Morgan fingerprint density at radius 2 is 1.76 bits per heavy atom. The number of Topliss-reactive ketones (excluding diaryl/α,β-unsaturated/α-hetero) is 2. The molecule has 6 N–H and O–H groups in total. The second-order valence-electron chi connectivity index (χ2n) is 11.9. The van der Waals surface area contributed by atoms with Crippen LogP contribution in [0.1, 0.15) is 54.0 Å². The molecule has 3 atom stereocenters. The Kier molecular flexibility index (Phi) is 6.74. The Morgan fingerprint density at radius 3 is 2.38 bits per heavy atom. The minimum absolute atomic E-state index is 0.0460. The van der Waals surface area contributed by atoms with Gasteiger partial charge in [0.05, 0.1) is 5.56 Å². The van der Waals surface area contributed by atoms with E-state index in [1.807, 2.05) is 12.1 Å². The fourth-order valence-electron chi connectivity index (χ4n) is 7.53. The van der Waals surface area contributed by atoms with Crippen LogP contribution in [-0.2, 0) is 40.2 Å². The Labute approximate surface area is 241 Å². The average Bonchev–Trinajstić information content (AvgIpc) is 3.37. The van der Waals surface area contributed by atoms with E-state index in [0.29, 0.717) is 0 Å². The molecule has 1 amide bonds. The van der Waals surface area contributed by atoms with E-state index in [9.17, 15) is 34.8 Å². The number of carbonyl (C=O) groups excluding carboxylic acids is 3. The molecule has 0 saturated heterocycles. The van der Waals surface area contributed by atoms with Gasteiger partial charge in [0, 0.05) is 41.6 Å². The van der Waals surface area contributed by atoms with Gasteiger partial charge in [0.1, 0.15) is 28.7 Å². The van der Waals surface area contributed by atoms with E-state index in [-0.39, 0.29) is 47.7 Å². The van der Waals surface area contributed by atoms with Crippen molar-refractivity contribution < 1.29 is 39.2 Å². The third-order valence-electron chi connectivity index (χ3n) is 9.50. The monoisotopic (exact) mass is 576 g/mol. The van der Waals surface area contributed by atoms with E-state index in [2.05, 4.69) is 24.0 Å². The van der Waals surface area contributed by atoms with Gasteiger partial charge in [-0.3, -0.25) is 19.3 Å². The molecule has 0 bridgehead atoms. The first-order chi connectivity index (χ1) is 20.0. The molecule has 6 rings (SSSR count). The number of aromatic hydroxyl groups is 1. The molecule has 1 fully saturated rings. The molecule has 2 aromatic rings. The second kappa shape index (κ2) is 10.1. The molecule has 4 aliphatic rings. The van der Waals surface area contributed by atoms with Crippen molar-refractivity contribution in [2.24, 2.45) is 17.6 Å². The Morgan fingerprint density at radius 1 is 1.10 bits per heavy atom. The lowest BCUT2D eigenvalue weighted by Crippen LogP contribution is -2.58. The van der Waals surface area contributed by atoms with Gasteiger partial charge in [0.2, 0.25) is 5.78 Å². The van der Waals surface area contributed by atoms with Crippen molar-refractivity contribution in [1.82, 2.24) is 4.90 Å². The van der Waals surface area contributed by atoms with Crippen molar-refractivity contribution in [2.75, 3.05) is 6.54 Å². The summed E-state index contributed by atoms with van der Waals surface area (Å²) < 4.78 is 16.2. The van der Waals surface area contributed by atoms with E-state index in [1.54, 1.807) is 0 Å². The summed E-state index contributed by atoms with van der Waals surface area (Å²) in [6.07, 6.45) is 2.00. The van der Waals surface area contributed by atoms with Crippen LogP contribution in [0.15, 0.2) is 47.2 Å². The predicted molar refractivity (Wildman–Crippen MR) is 150 cm³/mol. The van der Waals surface area contributed by atoms with Gasteiger partial charge in [0.25, 0.3) is 5.91 Å². The van der Waals surface area contributed by atoms with E-state index in [1.165, 1.54) is 17.2 Å². The number of phenolic OH excluding ortho intramolecular Hbond substituents is 1. The first-order valence-corrected chi connectivity index (χ1v) is 14.3. The molecule has 220 valence electrons. The van der Waals surface area contributed by atoms with Crippen LogP contribution < -0.4 is 5.73 Å². The maximum atomic E-state index is 16.2. The summed E-state index contributed by atoms with van der Waals surface area (Å²) in [6, 6.07) is 9.67. The topological polar surface area (TPSA) is 161 Å². The van der Waals surface area contributed by atoms with Crippen LogP contribution >= 0.6 is 0 Å². The number of primary amides is 1. The molecule has 2 aromatic carbocycles. The van der Waals surface area contributed by atoms with Crippen molar-refractivity contribution >= 4 is 23.2 Å². The minimum atomic E-state index is -2.65. The molecular weight excluding hydrogens is 543 g/mol. The molecule has 42 heavy (non-hydrogen) atoms. The van der Waals surface area contributed by atoms with Gasteiger partial charge in [-0.05, 0) is 61.8 Å². The number of benzene rings is 2. The molecule has 9 nitrogen and oxygen atoms in total. The van der Waals surface area contributed by atoms with Gasteiger partial charge in [-0.25, -0.2) is 4.39 Å². The van der Waals surface area contributed by atoms with Crippen LogP contribution in [0.25, 0.3) is 5.76 Å². The normalized spacial score (nSPS) is 25.4. The zero-order valence-corrected chi connectivity index (χ0v) is 23.2. The third-order valence-corrected chi connectivity index (χ3v) is 9.50. The molecule has 10 heteroatoms. The molecule has 0 heterocycles. The molecule has 0 spiro atoms. The molecular formula is C32H33FN2O7. The number of aliphatic hydroxyl groups is 3. The first-order valence-electron chi connectivity index (χ1n) is 14.3. The number of carbonyl (C=O) groups is 3. The smallest absolute Gasteiger partial charge is 0.255 e. The summed E-state index contributed by atoms with van der Waals surface area (Å²) in [5.41, 5.74) is 4.06. The van der Waals surface area contributed by atoms with Crippen LogP contribution in [0.3, 0.4) is 0 Å². The van der Waals surface area contributed by atoms with E-state index in [4.69, 9.17) is 5.73 Å². The summed E-state index contributed by atoms with van der Waals surface area (Å²) >= 11 is 0. The summed E-state index contributed by atoms with van der Waals surface area (Å²) in [4.78, 5) is 40.2. The van der Waals surface area contributed by atoms with Gasteiger partial charge in [0.15, 0.2) is 11.4 Å². The number of nitrogens with two attached hydrogens (primary N) is 1. The van der Waals surface area contributed by atoms with Crippen LogP contribution in [0.2, 0.25) is 0 Å². The summed E-state index contributed by atoms with van der Waals surface area (Å²) in [7, 11) is 0. The number of halogens is 1. The first kappa shape index (κ1) is 28.1. The van der Waals surface area contributed by atoms with Gasteiger partial charge < -0.3 is 26.2 Å². The highest BCUT2D eigenvalue weighted by Gasteiger charge is 2.60. The maximum absolute atomic E-state index is 16.2. The van der Waals surface area contributed by atoms with Crippen molar-refractivity contribution in [3.63, 3.8) is 0 Å². The number of hydrogen-bond acceptors (Lipinski definition) is 8. The Hall–Kier alpha value is -4.02. The zero-order chi connectivity index (χ0) is 30.1. The van der Waals surface area contributed by atoms with Crippen molar-refractivity contribution in [3.05, 3.63) is 80.9 Å². The highest BCUT2D eigenvalue weighted by Crippen LogP contribution is 2.52. The number of aliphatic hydroxyl groups excluding tert-OH is 2. The third kappa shape index (κ3) is 4.07. The highest BCUT2D eigenvalue weighted by molar-refractivity contribution is 6.22. The van der Waals surface area contributed by atoms with Crippen molar-refractivity contribution in [3.8, 4) is 5.75 Å². The number of hydrogen-bond donors (Lipinski definition) is 5. The lowest BCUT2D eigenvalue weighted by atomic mass is 9.59. The molecule has 1 unspecified atom stereocenters. The highest BCUT2D eigenvalue weighted by atomic mass is 19.1. The fraction of sp³-hybridized carbons (Fsp3) is 0.406. The SMILES string of the molecule is CCCN(Cc1cc(O)c2c(c1F)CC1C[C@H]3CC(=O)C(C(N)=O)=C(O)[C@@]3(O)C(=O)C1=C2O)C1Cc2ccccc2C1. The predicted octanol–water partition coefficient (Wildman–Crippen LogP) is 2.94. The van der Waals surface area contributed by atoms with Gasteiger partial charge in [-0.15, -0.1) is 0 Å². The summed E-state index contributed by atoms with van der Waals surface area (Å²) in [5, 5.41) is 44.3. The zero-order valence-electron chi connectivity index (χ0n) is 23.2. The van der Waals surface area contributed by atoms with Gasteiger partial charge in [-0.2, -0.15) is 0 Å². The molecule has 0 radical (unpaired) electrons. The van der Waals surface area contributed by atoms with E-state index >= 15 is 4.39 Å². The summed E-state index contributed by atoms with van der Waals surface area (Å²) in [6.45, 7) is 3.02. The van der Waals surface area contributed by atoms with Gasteiger partial charge >= 0.3 is 0 Å². The van der Waals surface area contributed by atoms with Crippen molar-refractivity contribution in [2.45, 2.75) is 63.6 Å². The number of amides is 1. The number of phenols is 1. The lowest BCUT2D eigenvalue weighted by molar-refractivity contribution is -0.147. The summed E-state index contributed by atoms with van der Waals surface area (Å²) in [5.74, 6) is -7.90. The maximum Gasteiger partial charge on any atom is 0.255 e. The molecule has 4 aliphatic carbocycles. The number of nitrogens with zero attached hydrogens (tertiary/aromatic N) is 1. The average molecular weight is 577 g/mol. The fourth-order valence-corrected chi connectivity index (χ4v) is 7.53. The van der Waals surface area contributed by atoms with E-state index < -0.39 is 70.0 Å². The number of rotatable bonds is 6. The minimum Gasteiger partial charge on any atom is -0.508 e.